The minimum absolute atomic E-state index is 0.0598. The third kappa shape index (κ3) is 5.70. The number of hydrogen-bond acceptors (Lipinski definition) is 5. The molecule has 1 N–H and O–H groups in total. The topological polar surface area (TPSA) is 60.0 Å². The third-order valence-electron chi connectivity index (χ3n) is 6.05. The predicted molar refractivity (Wildman–Crippen MR) is 122 cm³/mol. The van der Waals surface area contributed by atoms with E-state index in [0.29, 0.717) is 42.7 Å². The second kappa shape index (κ2) is 11.0. The summed E-state index contributed by atoms with van der Waals surface area (Å²) in [6, 6.07) is 12.8. The van der Waals surface area contributed by atoms with E-state index in [1.54, 1.807) is 21.3 Å². The molecule has 1 amide bonds. The molecule has 2 aromatic rings. The van der Waals surface area contributed by atoms with Crippen molar-refractivity contribution in [3.8, 4) is 17.2 Å². The largest absolute Gasteiger partial charge is 0.493 e. The molecule has 0 fully saturated rings. The Labute approximate surface area is 185 Å². The van der Waals surface area contributed by atoms with Crippen LogP contribution in [0.15, 0.2) is 36.4 Å². The second-order valence-corrected chi connectivity index (χ2v) is 7.89. The highest BCUT2D eigenvalue weighted by molar-refractivity contribution is 5.76. The van der Waals surface area contributed by atoms with Gasteiger partial charge in [-0.05, 0) is 48.1 Å². The lowest BCUT2D eigenvalue weighted by Crippen LogP contribution is -2.45. The summed E-state index contributed by atoms with van der Waals surface area (Å²) in [6.45, 7) is 4.85. The van der Waals surface area contributed by atoms with Gasteiger partial charge in [0.15, 0.2) is 11.5 Å². The van der Waals surface area contributed by atoms with Crippen LogP contribution in [0.5, 0.6) is 17.2 Å². The third-order valence-corrected chi connectivity index (χ3v) is 6.05. The summed E-state index contributed by atoms with van der Waals surface area (Å²) in [7, 11) is 4.77. The van der Waals surface area contributed by atoms with Gasteiger partial charge in [0, 0.05) is 32.1 Å². The standard InChI is InChI=1S/C25H34N2O4/c1-5-21(27-13-12-19-8-6-7-9-20(19)17-27)16-26-24(28)11-10-18-14-22(29-2)25(31-4)23(15-18)30-3/h6-9,14-15,21H,5,10-13,16-17H2,1-4H3,(H,26,28). The van der Waals surface area contributed by atoms with Crippen LogP contribution in [0.25, 0.3) is 0 Å². The smallest absolute Gasteiger partial charge is 0.220 e. The number of methoxy groups -OCH3 is 3. The van der Waals surface area contributed by atoms with Crippen molar-refractivity contribution in [3.63, 3.8) is 0 Å². The van der Waals surface area contributed by atoms with E-state index in [1.165, 1.54) is 11.1 Å². The van der Waals surface area contributed by atoms with Gasteiger partial charge in [0.1, 0.15) is 0 Å². The lowest BCUT2D eigenvalue weighted by Gasteiger charge is -2.35. The molecule has 31 heavy (non-hydrogen) atoms. The molecule has 0 radical (unpaired) electrons. The van der Waals surface area contributed by atoms with Crippen molar-refractivity contribution in [1.29, 1.82) is 0 Å². The fourth-order valence-corrected chi connectivity index (χ4v) is 4.22. The van der Waals surface area contributed by atoms with Gasteiger partial charge in [-0.25, -0.2) is 0 Å². The maximum atomic E-state index is 12.5. The molecule has 0 saturated carbocycles. The van der Waals surface area contributed by atoms with Crippen LogP contribution in [0.2, 0.25) is 0 Å². The Morgan fingerprint density at radius 2 is 1.74 bits per heavy atom. The number of carbonyl (C=O) groups is 1. The van der Waals surface area contributed by atoms with Gasteiger partial charge in [0.05, 0.1) is 21.3 Å². The molecule has 0 saturated heterocycles. The van der Waals surface area contributed by atoms with Crippen LogP contribution in [-0.4, -0.2) is 51.3 Å². The Hall–Kier alpha value is -2.73. The molecule has 6 nitrogen and oxygen atoms in total. The van der Waals surface area contributed by atoms with E-state index < -0.39 is 0 Å². The van der Waals surface area contributed by atoms with Gasteiger partial charge in [-0.1, -0.05) is 31.2 Å². The first-order chi connectivity index (χ1) is 15.1. The molecule has 1 unspecified atom stereocenters. The summed E-state index contributed by atoms with van der Waals surface area (Å²) >= 11 is 0. The highest BCUT2D eigenvalue weighted by atomic mass is 16.5. The van der Waals surface area contributed by atoms with Crippen LogP contribution in [0.3, 0.4) is 0 Å². The molecular formula is C25H34N2O4. The maximum absolute atomic E-state index is 12.5. The van der Waals surface area contributed by atoms with E-state index in [4.69, 9.17) is 14.2 Å². The number of rotatable bonds is 10. The SMILES string of the molecule is CCC(CNC(=O)CCc1cc(OC)c(OC)c(OC)c1)N1CCc2ccccc2C1. The minimum atomic E-state index is 0.0598. The number of fused-ring (bicyclic) bond motifs is 1. The Kier molecular flexibility index (Phi) is 8.18. The highest BCUT2D eigenvalue weighted by Crippen LogP contribution is 2.38. The van der Waals surface area contributed by atoms with Crippen molar-refractivity contribution in [2.24, 2.45) is 0 Å². The van der Waals surface area contributed by atoms with Gasteiger partial charge >= 0.3 is 0 Å². The van der Waals surface area contributed by atoms with E-state index >= 15 is 0 Å². The lowest BCUT2D eigenvalue weighted by molar-refractivity contribution is -0.121. The van der Waals surface area contributed by atoms with Crippen molar-refractivity contribution >= 4 is 5.91 Å². The molecule has 1 atom stereocenters. The number of benzene rings is 2. The number of hydrogen-bond donors (Lipinski definition) is 1. The average Bonchev–Trinajstić information content (AvgIpc) is 2.82. The zero-order valence-electron chi connectivity index (χ0n) is 19.1. The normalized spacial score (nSPS) is 14.5. The molecule has 168 valence electrons. The number of amides is 1. The number of nitrogens with zero attached hydrogens (tertiary/aromatic N) is 1. The molecule has 1 aliphatic heterocycles. The number of carbonyl (C=O) groups excluding carboxylic acids is 1. The van der Waals surface area contributed by atoms with Crippen molar-refractivity contribution in [1.82, 2.24) is 10.2 Å². The molecule has 0 bridgehead atoms. The van der Waals surface area contributed by atoms with Gasteiger partial charge in [0.2, 0.25) is 11.7 Å². The van der Waals surface area contributed by atoms with Crippen molar-refractivity contribution < 1.29 is 19.0 Å². The minimum Gasteiger partial charge on any atom is -0.493 e. The quantitative estimate of drug-likeness (QED) is 0.629. The zero-order valence-corrected chi connectivity index (χ0v) is 19.1. The van der Waals surface area contributed by atoms with E-state index in [1.807, 2.05) is 12.1 Å². The fourth-order valence-electron chi connectivity index (χ4n) is 4.22. The summed E-state index contributed by atoms with van der Waals surface area (Å²) in [6.07, 6.45) is 3.10. The Morgan fingerprint density at radius 3 is 2.35 bits per heavy atom. The summed E-state index contributed by atoms with van der Waals surface area (Å²) in [5.74, 6) is 1.83. The van der Waals surface area contributed by atoms with Crippen molar-refractivity contribution in [2.45, 2.75) is 45.2 Å². The van der Waals surface area contributed by atoms with E-state index in [-0.39, 0.29) is 5.91 Å². The Balaban J connectivity index is 1.53. The number of nitrogens with one attached hydrogen (secondary N) is 1. The molecule has 2 aromatic carbocycles. The van der Waals surface area contributed by atoms with Gasteiger partial charge in [0.25, 0.3) is 0 Å². The summed E-state index contributed by atoms with van der Waals surface area (Å²) in [5, 5.41) is 3.14. The van der Waals surface area contributed by atoms with Crippen LogP contribution in [0.1, 0.15) is 36.5 Å². The molecule has 0 spiro atoms. The molecule has 6 heteroatoms. The first-order valence-corrected chi connectivity index (χ1v) is 11.0. The molecule has 1 aliphatic rings. The monoisotopic (exact) mass is 426 g/mol. The van der Waals surface area contributed by atoms with Crippen LogP contribution < -0.4 is 19.5 Å². The van der Waals surface area contributed by atoms with Gasteiger partial charge < -0.3 is 19.5 Å². The molecule has 1 heterocycles. The summed E-state index contributed by atoms with van der Waals surface area (Å²) in [5.41, 5.74) is 3.83. The van der Waals surface area contributed by atoms with E-state index in [0.717, 1.165) is 31.5 Å². The van der Waals surface area contributed by atoms with Crippen LogP contribution >= 0.6 is 0 Å². The highest BCUT2D eigenvalue weighted by Gasteiger charge is 2.22. The van der Waals surface area contributed by atoms with E-state index in [2.05, 4.69) is 41.4 Å². The molecule has 0 aromatic heterocycles. The van der Waals surface area contributed by atoms with Gasteiger partial charge in [-0.2, -0.15) is 0 Å². The zero-order chi connectivity index (χ0) is 22.2. The predicted octanol–water partition coefficient (Wildman–Crippen LogP) is 3.60. The van der Waals surface area contributed by atoms with E-state index in [9.17, 15) is 4.79 Å². The number of ether oxygens (including phenoxy) is 3. The fraction of sp³-hybridized carbons (Fsp3) is 0.480. The summed E-state index contributed by atoms with van der Waals surface area (Å²) in [4.78, 5) is 15.0. The van der Waals surface area contributed by atoms with Crippen LogP contribution in [-0.2, 0) is 24.2 Å². The maximum Gasteiger partial charge on any atom is 0.220 e. The average molecular weight is 427 g/mol. The molecule has 3 rings (SSSR count). The second-order valence-electron chi connectivity index (χ2n) is 7.89. The lowest BCUT2D eigenvalue weighted by atomic mass is 9.98. The van der Waals surface area contributed by atoms with Crippen molar-refractivity contribution in [2.75, 3.05) is 34.4 Å². The van der Waals surface area contributed by atoms with Gasteiger partial charge in [-0.3, -0.25) is 9.69 Å². The first kappa shape index (κ1) is 22.9. The Morgan fingerprint density at radius 1 is 1.06 bits per heavy atom. The van der Waals surface area contributed by atoms with Crippen molar-refractivity contribution in [3.05, 3.63) is 53.1 Å². The van der Waals surface area contributed by atoms with Gasteiger partial charge in [-0.15, -0.1) is 0 Å². The molecule has 0 aliphatic carbocycles. The molecular weight excluding hydrogens is 392 g/mol. The first-order valence-electron chi connectivity index (χ1n) is 11.0. The number of aryl methyl sites for hydroxylation is 1. The van der Waals surface area contributed by atoms with Crippen LogP contribution in [0.4, 0.5) is 0 Å². The summed E-state index contributed by atoms with van der Waals surface area (Å²) < 4.78 is 16.2. The Bertz CT molecular complexity index is 859. The van der Waals surface area contributed by atoms with Crippen LogP contribution in [0, 0.1) is 0 Å².